The summed E-state index contributed by atoms with van der Waals surface area (Å²) >= 11 is 0. The molecule has 1 atom stereocenters. The maximum atomic E-state index is 13.8. The van der Waals surface area contributed by atoms with Crippen LogP contribution in [0.1, 0.15) is 33.1 Å². The van der Waals surface area contributed by atoms with E-state index in [0.717, 1.165) is 23.9 Å². The zero-order valence-electron chi connectivity index (χ0n) is 15.6. The molecular formula is C18H20F4N4O2. The number of hydrogen-bond acceptors (Lipinski definition) is 4. The molecule has 1 fully saturated rings. The van der Waals surface area contributed by atoms with E-state index in [9.17, 15) is 22.4 Å². The fraction of sp³-hybridized carbons (Fsp3) is 0.500. The molecule has 1 N–H and O–H groups in total. The molecule has 0 spiro atoms. The van der Waals surface area contributed by atoms with Crippen molar-refractivity contribution in [1.29, 1.82) is 5.26 Å². The van der Waals surface area contributed by atoms with Crippen LogP contribution in [0.2, 0.25) is 0 Å². The van der Waals surface area contributed by atoms with Gasteiger partial charge in [-0.15, -0.1) is 5.10 Å². The molecular weight excluding hydrogens is 380 g/mol. The lowest BCUT2D eigenvalue weighted by Gasteiger charge is -2.40. The highest BCUT2D eigenvalue weighted by molar-refractivity contribution is 5.87. The smallest absolute Gasteiger partial charge is 0.414 e. The Morgan fingerprint density at radius 1 is 1.50 bits per heavy atom. The fourth-order valence-corrected chi connectivity index (χ4v) is 2.89. The summed E-state index contributed by atoms with van der Waals surface area (Å²) in [5.41, 5.74) is -2.39. The third-order valence-corrected chi connectivity index (χ3v) is 4.74. The number of allylic oxidation sites excluding steroid dienone is 3. The monoisotopic (exact) mass is 400 g/mol. The van der Waals surface area contributed by atoms with Crippen LogP contribution in [0.15, 0.2) is 29.6 Å². The Morgan fingerprint density at radius 2 is 2.14 bits per heavy atom. The average Bonchev–Trinajstić information content (AvgIpc) is 2.96. The molecule has 0 bridgehead atoms. The lowest BCUT2D eigenvalue weighted by atomic mass is 9.76. The minimum absolute atomic E-state index is 0.106. The van der Waals surface area contributed by atoms with E-state index in [2.05, 4.69) is 10.4 Å². The van der Waals surface area contributed by atoms with Crippen LogP contribution in [0.25, 0.3) is 0 Å². The summed E-state index contributed by atoms with van der Waals surface area (Å²) in [6.45, 7) is 2.59. The summed E-state index contributed by atoms with van der Waals surface area (Å²) in [6.07, 6.45) is -0.276. The van der Waals surface area contributed by atoms with Crippen LogP contribution < -0.4 is 10.1 Å². The van der Waals surface area contributed by atoms with E-state index in [0.29, 0.717) is 19.3 Å². The van der Waals surface area contributed by atoms with Gasteiger partial charge in [0.25, 0.3) is 11.8 Å². The van der Waals surface area contributed by atoms with Gasteiger partial charge in [-0.25, -0.2) is 0 Å². The summed E-state index contributed by atoms with van der Waals surface area (Å²) in [4.78, 5) is 12.8. The summed E-state index contributed by atoms with van der Waals surface area (Å²) in [7, 11) is 1.24. The predicted molar refractivity (Wildman–Crippen MR) is 91.4 cm³/mol. The summed E-state index contributed by atoms with van der Waals surface area (Å²) in [5, 5.41) is 15.2. The summed E-state index contributed by atoms with van der Waals surface area (Å²) in [5.74, 6) is -3.03. The van der Waals surface area contributed by atoms with Crippen molar-refractivity contribution in [2.45, 2.75) is 44.8 Å². The molecule has 6 nitrogen and oxygen atoms in total. The van der Waals surface area contributed by atoms with Gasteiger partial charge in [0.2, 0.25) is 5.82 Å². The zero-order valence-corrected chi connectivity index (χ0v) is 15.6. The highest BCUT2D eigenvalue weighted by atomic mass is 19.4. The van der Waals surface area contributed by atoms with E-state index in [1.54, 1.807) is 6.07 Å². The van der Waals surface area contributed by atoms with Crippen molar-refractivity contribution in [3.05, 3.63) is 35.4 Å². The van der Waals surface area contributed by atoms with Gasteiger partial charge in [0.1, 0.15) is 5.54 Å². The number of amides is 1. The van der Waals surface area contributed by atoms with E-state index >= 15 is 0 Å². The van der Waals surface area contributed by atoms with Crippen molar-refractivity contribution in [1.82, 2.24) is 15.1 Å². The Balaban J connectivity index is 2.32. The Kier molecular flexibility index (Phi) is 6.17. The lowest BCUT2D eigenvalue weighted by Crippen LogP contribution is -2.53. The van der Waals surface area contributed by atoms with Gasteiger partial charge in [-0.1, -0.05) is 6.08 Å². The van der Waals surface area contributed by atoms with Crippen LogP contribution >= 0.6 is 0 Å². The molecule has 1 aromatic heterocycles. The van der Waals surface area contributed by atoms with Crippen molar-refractivity contribution in [3.63, 3.8) is 0 Å². The number of methoxy groups -OCH3 is 1. The van der Waals surface area contributed by atoms with Gasteiger partial charge in [-0.3, -0.25) is 9.48 Å². The second-order valence-corrected chi connectivity index (χ2v) is 6.46. The molecule has 1 aliphatic carbocycles. The minimum atomic E-state index is -4.72. The minimum Gasteiger partial charge on any atom is -0.478 e. The van der Waals surface area contributed by atoms with Crippen LogP contribution in [0.3, 0.4) is 0 Å². The fourth-order valence-electron chi connectivity index (χ4n) is 2.89. The molecule has 0 aliphatic heterocycles. The second kappa shape index (κ2) is 8.04. The van der Waals surface area contributed by atoms with Crippen LogP contribution in [-0.2, 0) is 10.3 Å². The van der Waals surface area contributed by atoms with Crippen LogP contribution in [0.5, 0.6) is 5.88 Å². The van der Waals surface area contributed by atoms with Gasteiger partial charge in [0, 0.05) is 5.70 Å². The number of nitrogens with zero attached hydrogens (tertiary/aromatic N) is 3. The molecule has 2 rings (SSSR count). The molecule has 1 saturated carbocycles. The van der Waals surface area contributed by atoms with E-state index in [4.69, 9.17) is 10.00 Å². The van der Waals surface area contributed by atoms with Crippen molar-refractivity contribution in [2.75, 3.05) is 7.11 Å². The van der Waals surface area contributed by atoms with Crippen LogP contribution in [0.4, 0.5) is 17.6 Å². The molecule has 1 heterocycles. The number of aromatic nitrogens is 2. The molecule has 1 amide bonds. The lowest BCUT2D eigenvalue weighted by molar-refractivity contribution is -0.134. The quantitative estimate of drug-likeness (QED) is 0.585. The number of nitriles is 1. The zero-order chi connectivity index (χ0) is 21.1. The normalized spacial score (nSPS) is 18.1. The first kappa shape index (κ1) is 21.5. The van der Waals surface area contributed by atoms with Gasteiger partial charge in [-0.2, -0.15) is 22.8 Å². The van der Waals surface area contributed by atoms with E-state index in [-0.39, 0.29) is 11.6 Å². The highest BCUT2D eigenvalue weighted by Crippen LogP contribution is 2.40. The Labute approximate surface area is 159 Å². The molecule has 28 heavy (non-hydrogen) atoms. The third kappa shape index (κ3) is 4.03. The Bertz CT molecular complexity index is 845. The van der Waals surface area contributed by atoms with E-state index in [1.807, 2.05) is 0 Å². The number of carbonyl (C=O) groups excluding carboxylic acids is 1. The Hall–Kier alpha value is -2.83. The van der Waals surface area contributed by atoms with E-state index < -0.39 is 34.9 Å². The first-order valence-corrected chi connectivity index (χ1v) is 8.55. The SMILES string of the molecule is C/C=C(\C=C(/C(C)C#N)C(F)(F)F)NC(=O)C1(n2cc(F)c(OC)n2)CCC1. The highest BCUT2D eigenvalue weighted by Gasteiger charge is 2.47. The van der Waals surface area contributed by atoms with Crippen LogP contribution in [0, 0.1) is 23.1 Å². The summed E-state index contributed by atoms with van der Waals surface area (Å²) in [6, 6.07) is 1.55. The predicted octanol–water partition coefficient (Wildman–Crippen LogP) is 3.58. The van der Waals surface area contributed by atoms with Gasteiger partial charge in [-0.05, 0) is 39.2 Å². The number of halogens is 4. The molecule has 0 radical (unpaired) electrons. The Morgan fingerprint density at radius 3 is 2.54 bits per heavy atom. The van der Waals surface area contributed by atoms with Gasteiger partial charge < -0.3 is 10.1 Å². The molecule has 0 aromatic carbocycles. The topological polar surface area (TPSA) is 79.9 Å². The van der Waals surface area contributed by atoms with Gasteiger partial charge >= 0.3 is 6.18 Å². The van der Waals surface area contributed by atoms with Crippen LogP contribution in [-0.4, -0.2) is 29.0 Å². The first-order chi connectivity index (χ1) is 13.1. The molecule has 0 saturated heterocycles. The standard InChI is InChI=1S/C18H20F4N4O2/c1-4-12(8-13(11(2)9-23)18(20,21)22)24-16(27)17(6-5-7-17)26-10-14(19)15(25-26)28-3/h4,8,10-11H,5-7H2,1-3H3,(H,24,27)/b12-4+,13-8+. The number of nitrogens with one attached hydrogen (secondary N) is 1. The molecule has 10 heteroatoms. The van der Waals surface area contributed by atoms with Crippen molar-refractivity contribution in [2.24, 2.45) is 5.92 Å². The second-order valence-electron chi connectivity index (χ2n) is 6.46. The maximum absolute atomic E-state index is 13.8. The van der Waals surface area contributed by atoms with Crippen molar-refractivity contribution < 1.29 is 27.1 Å². The number of alkyl halides is 3. The number of hydrogen-bond donors (Lipinski definition) is 1. The number of rotatable bonds is 6. The maximum Gasteiger partial charge on any atom is 0.414 e. The van der Waals surface area contributed by atoms with Gasteiger partial charge in [0.15, 0.2) is 0 Å². The number of carbonyl (C=O) groups is 1. The molecule has 1 aromatic rings. The first-order valence-electron chi connectivity index (χ1n) is 8.55. The largest absolute Gasteiger partial charge is 0.478 e. The molecule has 152 valence electrons. The van der Waals surface area contributed by atoms with Crippen molar-refractivity contribution >= 4 is 5.91 Å². The molecule has 1 aliphatic rings. The summed E-state index contributed by atoms with van der Waals surface area (Å²) < 4.78 is 59.4. The molecule has 1 unspecified atom stereocenters. The van der Waals surface area contributed by atoms with E-state index in [1.165, 1.54) is 20.1 Å². The number of ether oxygens (including phenoxy) is 1. The average molecular weight is 400 g/mol. The van der Waals surface area contributed by atoms with Gasteiger partial charge in [0.05, 0.1) is 30.9 Å². The third-order valence-electron chi connectivity index (χ3n) is 4.74. The van der Waals surface area contributed by atoms with Crippen molar-refractivity contribution in [3.8, 4) is 11.9 Å².